The summed E-state index contributed by atoms with van der Waals surface area (Å²) in [6.07, 6.45) is 7.00. The molecule has 3 rings (SSSR count). The lowest BCUT2D eigenvalue weighted by molar-refractivity contribution is 0.214. The summed E-state index contributed by atoms with van der Waals surface area (Å²) in [4.78, 5) is 2.53. The number of hydrogen-bond acceptors (Lipinski definition) is 2. The van der Waals surface area contributed by atoms with Crippen LogP contribution in [0.1, 0.15) is 36.8 Å². The van der Waals surface area contributed by atoms with E-state index in [9.17, 15) is 0 Å². The molecule has 3 atom stereocenters. The molecule has 0 saturated heterocycles. The Morgan fingerprint density at radius 1 is 1.15 bits per heavy atom. The molecule has 1 aromatic rings. The van der Waals surface area contributed by atoms with Crippen molar-refractivity contribution in [1.82, 2.24) is 4.90 Å². The topological polar surface area (TPSA) is 29.3 Å². The average Bonchev–Trinajstić information content (AvgIpc) is 3.03. The number of rotatable bonds is 6. The van der Waals surface area contributed by atoms with E-state index < -0.39 is 0 Å². The second-order valence-corrected chi connectivity index (χ2v) is 6.94. The third-order valence-electron chi connectivity index (χ3n) is 5.40. The lowest BCUT2D eigenvalue weighted by Gasteiger charge is -2.27. The van der Waals surface area contributed by atoms with Gasteiger partial charge in [0.15, 0.2) is 0 Å². The maximum atomic E-state index is 5.72. The molecular formula is C18H28N2. The van der Waals surface area contributed by atoms with Gasteiger partial charge in [-0.1, -0.05) is 30.7 Å². The molecule has 0 aromatic heterocycles. The van der Waals surface area contributed by atoms with Crippen molar-refractivity contribution in [3.8, 4) is 0 Å². The van der Waals surface area contributed by atoms with Gasteiger partial charge in [-0.2, -0.15) is 0 Å². The first-order valence-corrected chi connectivity index (χ1v) is 8.21. The summed E-state index contributed by atoms with van der Waals surface area (Å²) in [7, 11) is 2.28. The zero-order valence-corrected chi connectivity index (χ0v) is 12.7. The third kappa shape index (κ3) is 3.07. The smallest absolute Gasteiger partial charge is 0.0233 e. The van der Waals surface area contributed by atoms with E-state index in [0.717, 1.165) is 37.3 Å². The molecule has 0 heterocycles. The van der Waals surface area contributed by atoms with Crippen molar-refractivity contribution in [3.63, 3.8) is 0 Å². The van der Waals surface area contributed by atoms with Crippen LogP contribution in [-0.2, 0) is 13.0 Å². The van der Waals surface area contributed by atoms with Crippen LogP contribution in [0.2, 0.25) is 0 Å². The maximum Gasteiger partial charge on any atom is 0.0233 e. The molecule has 110 valence electrons. The zero-order valence-electron chi connectivity index (χ0n) is 12.7. The van der Waals surface area contributed by atoms with Gasteiger partial charge in [-0.05, 0) is 68.2 Å². The van der Waals surface area contributed by atoms with Crippen molar-refractivity contribution < 1.29 is 0 Å². The Balaban J connectivity index is 1.57. The highest BCUT2D eigenvalue weighted by Gasteiger charge is 2.39. The van der Waals surface area contributed by atoms with Crippen LogP contribution in [0.4, 0.5) is 0 Å². The van der Waals surface area contributed by atoms with Gasteiger partial charge in [-0.25, -0.2) is 0 Å². The summed E-state index contributed by atoms with van der Waals surface area (Å²) < 4.78 is 0. The highest BCUT2D eigenvalue weighted by molar-refractivity contribution is 5.27. The summed E-state index contributed by atoms with van der Waals surface area (Å²) in [5, 5.41) is 0. The Morgan fingerprint density at radius 2 is 1.95 bits per heavy atom. The SMILES string of the molecule is CN(Cc1ccccc1CCN)CC1CC2CCC1C2. The standard InChI is InChI=1S/C18H28N2/c1-20(13-18-11-14-6-7-16(18)10-14)12-17-5-3-2-4-15(17)8-9-19/h2-5,14,16,18H,6-13,19H2,1H3. The van der Waals surface area contributed by atoms with Crippen LogP contribution in [0.25, 0.3) is 0 Å². The van der Waals surface area contributed by atoms with Gasteiger partial charge < -0.3 is 10.6 Å². The summed E-state index contributed by atoms with van der Waals surface area (Å²) in [5.74, 6) is 3.05. The summed E-state index contributed by atoms with van der Waals surface area (Å²) in [6.45, 7) is 3.09. The zero-order chi connectivity index (χ0) is 13.9. The quantitative estimate of drug-likeness (QED) is 0.862. The molecule has 1 aromatic carbocycles. The van der Waals surface area contributed by atoms with E-state index >= 15 is 0 Å². The van der Waals surface area contributed by atoms with Gasteiger partial charge in [0.1, 0.15) is 0 Å². The van der Waals surface area contributed by atoms with Gasteiger partial charge in [-0.3, -0.25) is 0 Å². The maximum absolute atomic E-state index is 5.72. The number of nitrogens with zero attached hydrogens (tertiary/aromatic N) is 1. The first-order valence-electron chi connectivity index (χ1n) is 8.21. The minimum atomic E-state index is 0.743. The van der Waals surface area contributed by atoms with Crippen molar-refractivity contribution in [2.24, 2.45) is 23.5 Å². The molecular weight excluding hydrogens is 244 g/mol. The van der Waals surface area contributed by atoms with E-state index in [1.165, 1.54) is 43.4 Å². The molecule has 2 fully saturated rings. The summed E-state index contributed by atoms with van der Waals surface area (Å²) >= 11 is 0. The number of benzene rings is 1. The Labute approximate surface area is 123 Å². The van der Waals surface area contributed by atoms with Crippen LogP contribution in [-0.4, -0.2) is 25.0 Å². The van der Waals surface area contributed by atoms with Crippen LogP contribution in [0.5, 0.6) is 0 Å². The van der Waals surface area contributed by atoms with Gasteiger partial charge in [0.2, 0.25) is 0 Å². The fourth-order valence-corrected chi connectivity index (χ4v) is 4.47. The fourth-order valence-electron chi connectivity index (χ4n) is 4.47. The van der Waals surface area contributed by atoms with E-state index in [1.807, 2.05) is 0 Å². The number of hydrogen-bond donors (Lipinski definition) is 1. The average molecular weight is 272 g/mol. The monoisotopic (exact) mass is 272 g/mol. The molecule has 2 aliphatic rings. The van der Waals surface area contributed by atoms with Crippen LogP contribution in [0, 0.1) is 17.8 Å². The van der Waals surface area contributed by atoms with E-state index in [-0.39, 0.29) is 0 Å². The normalized spacial score (nSPS) is 28.4. The van der Waals surface area contributed by atoms with Crippen molar-refractivity contribution in [2.75, 3.05) is 20.1 Å². The Morgan fingerprint density at radius 3 is 2.60 bits per heavy atom. The minimum absolute atomic E-state index is 0.743. The lowest BCUT2D eigenvalue weighted by atomic mass is 9.88. The molecule has 3 unspecified atom stereocenters. The highest BCUT2D eigenvalue weighted by atomic mass is 15.1. The van der Waals surface area contributed by atoms with Crippen molar-refractivity contribution >= 4 is 0 Å². The molecule has 0 radical (unpaired) electrons. The van der Waals surface area contributed by atoms with E-state index in [0.29, 0.717) is 0 Å². The molecule has 0 spiro atoms. The van der Waals surface area contributed by atoms with Crippen LogP contribution in [0.3, 0.4) is 0 Å². The van der Waals surface area contributed by atoms with Crippen LogP contribution >= 0.6 is 0 Å². The first kappa shape index (κ1) is 14.1. The number of nitrogens with two attached hydrogens (primary N) is 1. The number of fused-ring (bicyclic) bond motifs is 2. The van der Waals surface area contributed by atoms with E-state index in [1.54, 1.807) is 0 Å². The van der Waals surface area contributed by atoms with Gasteiger partial charge >= 0.3 is 0 Å². The summed E-state index contributed by atoms with van der Waals surface area (Å²) in [6, 6.07) is 8.78. The van der Waals surface area contributed by atoms with Gasteiger partial charge in [0.25, 0.3) is 0 Å². The Kier molecular flexibility index (Phi) is 4.42. The third-order valence-corrected chi connectivity index (χ3v) is 5.40. The van der Waals surface area contributed by atoms with Gasteiger partial charge in [-0.15, -0.1) is 0 Å². The first-order chi connectivity index (χ1) is 9.76. The minimum Gasteiger partial charge on any atom is -0.330 e. The molecule has 2 aliphatic carbocycles. The van der Waals surface area contributed by atoms with Crippen LogP contribution < -0.4 is 5.73 Å². The van der Waals surface area contributed by atoms with Crippen molar-refractivity contribution in [2.45, 2.75) is 38.6 Å². The van der Waals surface area contributed by atoms with E-state index in [4.69, 9.17) is 5.73 Å². The Hall–Kier alpha value is -0.860. The molecule has 2 saturated carbocycles. The molecule has 0 aliphatic heterocycles. The summed E-state index contributed by atoms with van der Waals surface area (Å²) in [5.41, 5.74) is 8.61. The molecule has 0 amide bonds. The highest BCUT2D eigenvalue weighted by Crippen LogP contribution is 2.48. The van der Waals surface area contributed by atoms with E-state index in [2.05, 4.69) is 36.2 Å². The van der Waals surface area contributed by atoms with Gasteiger partial charge in [0.05, 0.1) is 0 Å². The molecule has 2 N–H and O–H groups in total. The molecule has 20 heavy (non-hydrogen) atoms. The second kappa shape index (κ2) is 6.28. The predicted octanol–water partition coefficient (Wildman–Crippen LogP) is 3.06. The lowest BCUT2D eigenvalue weighted by Crippen LogP contribution is -2.28. The second-order valence-electron chi connectivity index (χ2n) is 6.94. The molecule has 2 nitrogen and oxygen atoms in total. The largest absolute Gasteiger partial charge is 0.330 e. The van der Waals surface area contributed by atoms with Crippen LogP contribution in [0.15, 0.2) is 24.3 Å². The molecule has 2 bridgehead atoms. The predicted molar refractivity (Wildman–Crippen MR) is 84.5 cm³/mol. The van der Waals surface area contributed by atoms with Crippen molar-refractivity contribution in [3.05, 3.63) is 35.4 Å². The fraction of sp³-hybridized carbons (Fsp3) is 0.667. The van der Waals surface area contributed by atoms with Crippen molar-refractivity contribution in [1.29, 1.82) is 0 Å². The Bertz CT molecular complexity index is 443. The van der Waals surface area contributed by atoms with Gasteiger partial charge in [0, 0.05) is 13.1 Å². The molecule has 2 heteroatoms.